The van der Waals surface area contributed by atoms with E-state index >= 15 is 0 Å². The lowest BCUT2D eigenvalue weighted by molar-refractivity contribution is 0.277. The highest BCUT2D eigenvalue weighted by Gasteiger charge is 2.63. The lowest BCUT2D eigenvalue weighted by Crippen LogP contribution is -2.47. The van der Waals surface area contributed by atoms with E-state index in [1.807, 2.05) is 18.2 Å². The molecule has 2 aromatic rings. The van der Waals surface area contributed by atoms with Crippen molar-refractivity contribution >= 4 is 11.6 Å². The van der Waals surface area contributed by atoms with Crippen molar-refractivity contribution < 1.29 is 4.74 Å². The highest BCUT2D eigenvalue weighted by Crippen LogP contribution is 2.55. The number of rotatable bonds is 0. The van der Waals surface area contributed by atoms with Crippen LogP contribution in [0.4, 0.5) is 0 Å². The molecule has 0 unspecified atom stereocenters. The van der Waals surface area contributed by atoms with Crippen LogP contribution >= 0.6 is 11.6 Å². The number of epoxide rings is 1. The van der Waals surface area contributed by atoms with Crippen LogP contribution in [0.3, 0.4) is 0 Å². The number of hydrogen-bond acceptors (Lipinski definition) is 3. The maximum atomic E-state index is 12.3. The molecule has 0 amide bonds. The molecule has 1 aromatic heterocycles. The first-order valence-electron chi connectivity index (χ1n) is 6.45. The predicted molar refractivity (Wildman–Crippen MR) is 70.3 cm³/mol. The second-order valence-electron chi connectivity index (χ2n) is 5.51. The second kappa shape index (κ2) is 3.10. The van der Waals surface area contributed by atoms with E-state index in [2.05, 4.69) is 0 Å². The molecule has 6 nitrogen and oxygen atoms in total. The summed E-state index contributed by atoms with van der Waals surface area (Å²) in [4.78, 5) is 24.6. The molecule has 0 radical (unpaired) electrons. The summed E-state index contributed by atoms with van der Waals surface area (Å²) in [5, 5.41) is 0.626. The van der Waals surface area contributed by atoms with Crippen molar-refractivity contribution in [1.82, 2.24) is 13.9 Å². The predicted octanol–water partition coefficient (Wildman–Crippen LogP) is 0.275. The molecule has 6 rings (SSSR count). The Kier molecular flexibility index (Phi) is 1.69. The van der Waals surface area contributed by atoms with E-state index in [9.17, 15) is 9.59 Å². The van der Waals surface area contributed by atoms with E-state index in [0.717, 1.165) is 15.7 Å². The van der Waals surface area contributed by atoms with Gasteiger partial charge in [0.2, 0.25) is 0 Å². The van der Waals surface area contributed by atoms with Crippen LogP contribution in [-0.4, -0.2) is 26.1 Å². The van der Waals surface area contributed by atoms with Crippen LogP contribution in [0, 0.1) is 0 Å². The maximum Gasteiger partial charge on any atom is 0.347 e. The van der Waals surface area contributed by atoms with Gasteiger partial charge in [0.15, 0.2) is 0 Å². The molecule has 20 heavy (non-hydrogen) atoms. The van der Waals surface area contributed by atoms with Gasteiger partial charge in [-0.25, -0.2) is 23.5 Å². The van der Waals surface area contributed by atoms with E-state index < -0.39 is 0 Å². The van der Waals surface area contributed by atoms with E-state index in [1.165, 1.54) is 16.4 Å². The maximum absolute atomic E-state index is 12.3. The highest BCUT2D eigenvalue weighted by molar-refractivity contribution is 6.31. The molecule has 3 aliphatic heterocycles. The topological polar surface area (TPSA) is 61.5 Å². The Balaban J connectivity index is 1.96. The number of halogens is 1. The molecule has 0 spiro atoms. The van der Waals surface area contributed by atoms with Gasteiger partial charge < -0.3 is 4.74 Å². The van der Waals surface area contributed by atoms with Crippen LogP contribution in [0.5, 0.6) is 0 Å². The van der Waals surface area contributed by atoms with E-state index in [-0.39, 0.29) is 35.7 Å². The van der Waals surface area contributed by atoms with Gasteiger partial charge in [-0.15, -0.1) is 0 Å². The van der Waals surface area contributed by atoms with Crippen LogP contribution < -0.4 is 11.4 Å². The Morgan fingerprint density at radius 3 is 2.50 bits per heavy atom. The van der Waals surface area contributed by atoms with Crippen molar-refractivity contribution in [3.8, 4) is 0 Å². The van der Waals surface area contributed by atoms with Gasteiger partial charge in [-0.3, -0.25) is 0 Å². The molecule has 1 fully saturated rings. The minimum atomic E-state index is -0.315. The third-order valence-electron chi connectivity index (χ3n) is 4.61. The van der Waals surface area contributed by atoms with Gasteiger partial charge in [-0.05, 0) is 11.6 Å². The summed E-state index contributed by atoms with van der Waals surface area (Å²) in [6.07, 6.45) is -0.0719. The number of ether oxygens (including phenoxy) is 1. The molecule has 4 aliphatic rings. The van der Waals surface area contributed by atoms with Crippen molar-refractivity contribution in [2.75, 3.05) is 0 Å². The summed E-state index contributed by atoms with van der Waals surface area (Å²) >= 11 is 6.32. The Morgan fingerprint density at radius 2 is 1.75 bits per heavy atom. The molecule has 1 aliphatic carbocycles. The summed E-state index contributed by atoms with van der Waals surface area (Å²) in [6.45, 7) is 0. The fraction of sp³-hybridized carbons (Fsp3) is 0.385. The molecule has 2 bridgehead atoms. The van der Waals surface area contributed by atoms with Gasteiger partial charge in [0.05, 0.1) is 0 Å². The molecule has 0 saturated carbocycles. The van der Waals surface area contributed by atoms with Crippen molar-refractivity contribution in [1.29, 1.82) is 0 Å². The summed E-state index contributed by atoms with van der Waals surface area (Å²) < 4.78 is 9.89. The first kappa shape index (κ1) is 10.9. The second-order valence-corrected chi connectivity index (χ2v) is 5.92. The molecular weight excluding hydrogens is 282 g/mol. The minimum Gasteiger partial charge on any atom is -0.364 e. The minimum absolute atomic E-state index is 0.0227. The van der Waals surface area contributed by atoms with Crippen molar-refractivity contribution in [3.05, 3.63) is 55.3 Å². The Hall–Kier alpha value is -1.79. The fourth-order valence-electron chi connectivity index (χ4n) is 3.72. The van der Waals surface area contributed by atoms with Gasteiger partial charge in [-0.2, -0.15) is 0 Å². The van der Waals surface area contributed by atoms with Crippen LogP contribution in [0.15, 0.2) is 27.8 Å². The zero-order valence-corrected chi connectivity index (χ0v) is 11.2. The number of nitrogens with zero attached hydrogens (tertiary/aromatic N) is 3. The standard InChI is InChI=1S/C13H10ClN3O3/c1-15-12(18)16-8-5-3-2-4-6(14)7(5)9(11-10(8)20-11)17(16)13(15)19/h2-4,8-11H,1H3/t8-,9+,10+,11-/m0/s1. The summed E-state index contributed by atoms with van der Waals surface area (Å²) in [6, 6.07) is 5.10. The normalized spacial score (nSPS) is 31.7. The summed E-state index contributed by atoms with van der Waals surface area (Å²) in [7, 11) is 1.50. The average Bonchev–Trinajstić information content (AvgIpc) is 3.21. The van der Waals surface area contributed by atoms with Crippen LogP contribution in [0.25, 0.3) is 0 Å². The van der Waals surface area contributed by atoms with Crippen LogP contribution in [-0.2, 0) is 11.8 Å². The number of aromatic nitrogens is 3. The van der Waals surface area contributed by atoms with Gasteiger partial charge in [-0.1, -0.05) is 23.7 Å². The van der Waals surface area contributed by atoms with Crippen LogP contribution in [0.2, 0.25) is 5.02 Å². The molecule has 1 saturated heterocycles. The van der Waals surface area contributed by atoms with Crippen molar-refractivity contribution in [3.63, 3.8) is 0 Å². The van der Waals surface area contributed by atoms with E-state index in [1.54, 1.807) is 0 Å². The van der Waals surface area contributed by atoms with Crippen molar-refractivity contribution in [2.45, 2.75) is 24.3 Å². The van der Waals surface area contributed by atoms with Gasteiger partial charge in [0.25, 0.3) is 0 Å². The molecule has 7 heteroatoms. The molecule has 1 aromatic carbocycles. The molecule has 4 heterocycles. The SMILES string of the molecule is Cn1c(=O)n2n(c1=O)[C@H]1c3cccc(Cl)c3[C@@H]2[C@@H]2O[C@@H]21. The molecule has 4 atom stereocenters. The fourth-order valence-corrected chi connectivity index (χ4v) is 4.01. The smallest absolute Gasteiger partial charge is 0.347 e. The third kappa shape index (κ3) is 0.969. The van der Waals surface area contributed by atoms with Crippen molar-refractivity contribution in [2.24, 2.45) is 7.05 Å². The van der Waals surface area contributed by atoms with E-state index in [0.29, 0.717) is 5.02 Å². The Bertz CT molecular complexity index is 893. The Labute approximate surface area is 117 Å². The number of hydrogen-bond donors (Lipinski definition) is 0. The lowest BCUT2D eigenvalue weighted by Gasteiger charge is -2.37. The monoisotopic (exact) mass is 291 g/mol. The molecular formula is C13H10ClN3O3. The quantitative estimate of drug-likeness (QED) is 0.655. The average molecular weight is 292 g/mol. The number of benzene rings is 1. The molecule has 0 N–H and O–H groups in total. The van der Waals surface area contributed by atoms with Gasteiger partial charge >= 0.3 is 11.4 Å². The molecule has 102 valence electrons. The highest BCUT2D eigenvalue weighted by atomic mass is 35.5. The largest absolute Gasteiger partial charge is 0.364 e. The van der Waals surface area contributed by atoms with Gasteiger partial charge in [0, 0.05) is 17.6 Å². The summed E-state index contributed by atoms with van der Waals surface area (Å²) in [5.74, 6) is 0. The first-order chi connectivity index (χ1) is 9.61. The lowest BCUT2D eigenvalue weighted by atomic mass is 9.82. The zero-order chi connectivity index (χ0) is 13.8. The summed E-state index contributed by atoms with van der Waals surface area (Å²) in [5.41, 5.74) is 1.30. The van der Waals surface area contributed by atoms with E-state index in [4.69, 9.17) is 16.3 Å². The third-order valence-corrected chi connectivity index (χ3v) is 4.94. The van der Waals surface area contributed by atoms with Crippen LogP contribution in [0.1, 0.15) is 23.2 Å². The van der Waals surface area contributed by atoms with Gasteiger partial charge in [0.1, 0.15) is 24.3 Å². The Morgan fingerprint density at radius 1 is 1.10 bits per heavy atom. The zero-order valence-electron chi connectivity index (χ0n) is 10.5. The first-order valence-corrected chi connectivity index (χ1v) is 6.83.